The lowest BCUT2D eigenvalue weighted by Gasteiger charge is -2.27. The molecule has 1 aliphatic rings. The Bertz CT molecular complexity index is 806. The van der Waals surface area contributed by atoms with Crippen LogP contribution in [0.2, 0.25) is 0 Å². The standard InChI is InChI=1S/C17H15N3OS/c21-17(19-8-6-16-13(11-19)7-9-22-16)15-10-18-12-20(15)14-4-2-1-3-5-14/h1-5,7,9-10,12H,6,8,11H2. The molecule has 3 aromatic rings. The number of thiophene rings is 1. The van der Waals surface area contributed by atoms with E-state index in [1.54, 1.807) is 23.9 Å². The number of hydrogen-bond donors (Lipinski definition) is 0. The van der Waals surface area contributed by atoms with Gasteiger partial charge >= 0.3 is 0 Å². The molecule has 0 fully saturated rings. The molecule has 1 aromatic carbocycles. The fourth-order valence-electron chi connectivity index (χ4n) is 2.83. The number of benzene rings is 1. The van der Waals surface area contributed by atoms with Gasteiger partial charge < -0.3 is 4.90 Å². The molecule has 0 saturated heterocycles. The molecule has 110 valence electrons. The van der Waals surface area contributed by atoms with Crippen LogP contribution in [0.25, 0.3) is 5.69 Å². The second-order valence-electron chi connectivity index (χ2n) is 5.33. The number of fused-ring (bicyclic) bond motifs is 1. The van der Waals surface area contributed by atoms with Crippen LogP contribution >= 0.6 is 11.3 Å². The van der Waals surface area contributed by atoms with Gasteiger partial charge in [-0.15, -0.1) is 11.3 Å². The molecule has 0 atom stereocenters. The Morgan fingerprint density at radius 1 is 1.18 bits per heavy atom. The average molecular weight is 309 g/mol. The van der Waals surface area contributed by atoms with Gasteiger partial charge in [0, 0.05) is 23.7 Å². The van der Waals surface area contributed by atoms with E-state index in [2.05, 4.69) is 16.4 Å². The Morgan fingerprint density at radius 3 is 2.91 bits per heavy atom. The van der Waals surface area contributed by atoms with E-state index in [9.17, 15) is 4.79 Å². The van der Waals surface area contributed by atoms with E-state index >= 15 is 0 Å². The highest BCUT2D eigenvalue weighted by Gasteiger charge is 2.24. The van der Waals surface area contributed by atoms with Crippen LogP contribution in [0.3, 0.4) is 0 Å². The third kappa shape index (κ3) is 2.23. The van der Waals surface area contributed by atoms with Gasteiger partial charge in [-0.05, 0) is 35.6 Å². The first-order valence-electron chi connectivity index (χ1n) is 7.25. The molecule has 0 saturated carbocycles. The van der Waals surface area contributed by atoms with Gasteiger partial charge in [0.1, 0.15) is 5.69 Å². The van der Waals surface area contributed by atoms with Gasteiger partial charge in [-0.25, -0.2) is 4.98 Å². The predicted molar refractivity (Wildman–Crippen MR) is 86.3 cm³/mol. The molecule has 0 aliphatic carbocycles. The molecule has 4 rings (SSSR count). The minimum atomic E-state index is 0.0400. The summed E-state index contributed by atoms with van der Waals surface area (Å²) in [6.07, 6.45) is 4.29. The first-order chi connectivity index (χ1) is 10.8. The summed E-state index contributed by atoms with van der Waals surface area (Å²) >= 11 is 1.78. The van der Waals surface area contributed by atoms with E-state index in [1.165, 1.54) is 10.4 Å². The van der Waals surface area contributed by atoms with E-state index < -0.39 is 0 Å². The van der Waals surface area contributed by atoms with E-state index in [1.807, 2.05) is 39.8 Å². The molecule has 4 nitrogen and oxygen atoms in total. The number of carbonyl (C=O) groups is 1. The first kappa shape index (κ1) is 13.3. The van der Waals surface area contributed by atoms with Crippen LogP contribution in [0.15, 0.2) is 54.3 Å². The second kappa shape index (κ2) is 5.42. The highest BCUT2D eigenvalue weighted by Crippen LogP contribution is 2.25. The fourth-order valence-corrected chi connectivity index (χ4v) is 3.72. The van der Waals surface area contributed by atoms with Crippen molar-refractivity contribution in [2.75, 3.05) is 6.54 Å². The van der Waals surface area contributed by atoms with Gasteiger partial charge in [0.2, 0.25) is 0 Å². The topological polar surface area (TPSA) is 38.1 Å². The van der Waals surface area contributed by atoms with Gasteiger partial charge in [0.05, 0.1) is 12.5 Å². The molecular formula is C17H15N3OS. The highest BCUT2D eigenvalue weighted by atomic mass is 32.1. The number of carbonyl (C=O) groups excluding carboxylic acids is 1. The third-order valence-electron chi connectivity index (χ3n) is 3.99. The molecule has 22 heavy (non-hydrogen) atoms. The van der Waals surface area contributed by atoms with Crippen LogP contribution in [0.4, 0.5) is 0 Å². The molecule has 5 heteroatoms. The van der Waals surface area contributed by atoms with Gasteiger partial charge in [-0.2, -0.15) is 0 Å². The molecule has 0 N–H and O–H groups in total. The smallest absolute Gasteiger partial charge is 0.272 e. The lowest BCUT2D eigenvalue weighted by atomic mass is 10.1. The zero-order valence-electron chi connectivity index (χ0n) is 12.0. The highest BCUT2D eigenvalue weighted by molar-refractivity contribution is 7.10. The molecule has 1 amide bonds. The average Bonchev–Trinajstić information content (AvgIpc) is 3.23. The summed E-state index contributed by atoms with van der Waals surface area (Å²) in [5.74, 6) is 0.0400. The zero-order valence-corrected chi connectivity index (χ0v) is 12.8. The van der Waals surface area contributed by atoms with Crippen LogP contribution in [0, 0.1) is 0 Å². The van der Waals surface area contributed by atoms with Crippen molar-refractivity contribution in [2.45, 2.75) is 13.0 Å². The molecular weight excluding hydrogens is 294 g/mol. The van der Waals surface area contributed by atoms with Crippen molar-refractivity contribution in [3.63, 3.8) is 0 Å². The summed E-state index contributed by atoms with van der Waals surface area (Å²) < 4.78 is 1.85. The Kier molecular flexibility index (Phi) is 3.27. The van der Waals surface area contributed by atoms with Crippen LogP contribution in [-0.2, 0) is 13.0 Å². The van der Waals surface area contributed by atoms with Crippen molar-refractivity contribution >= 4 is 17.2 Å². The van der Waals surface area contributed by atoms with Crippen LogP contribution in [-0.4, -0.2) is 26.9 Å². The van der Waals surface area contributed by atoms with Crippen LogP contribution in [0.5, 0.6) is 0 Å². The largest absolute Gasteiger partial charge is 0.333 e. The molecule has 2 aromatic heterocycles. The SMILES string of the molecule is O=C(c1cncn1-c1ccccc1)N1CCc2sccc2C1. The maximum Gasteiger partial charge on any atom is 0.272 e. The van der Waals surface area contributed by atoms with Crippen molar-refractivity contribution in [3.8, 4) is 5.69 Å². The van der Waals surface area contributed by atoms with Crippen molar-refractivity contribution in [3.05, 3.63) is 70.4 Å². The molecule has 3 heterocycles. The maximum atomic E-state index is 12.9. The minimum Gasteiger partial charge on any atom is -0.333 e. The van der Waals surface area contributed by atoms with Crippen LogP contribution in [0.1, 0.15) is 20.9 Å². The summed E-state index contributed by atoms with van der Waals surface area (Å²) in [4.78, 5) is 20.3. The lowest BCUT2D eigenvalue weighted by molar-refractivity contribution is 0.0727. The van der Waals surface area contributed by atoms with Crippen molar-refractivity contribution in [2.24, 2.45) is 0 Å². The van der Waals surface area contributed by atoms with Crippen molar-refractivity contribution < 1.29 is 4.79 Å². The minimum absolute atomic E-state index is 0.0400. The summed E-state index contributed by atoms with van der Waals surface area (Å²) in [6, 6.07) is 12.0. The monoisotopic (exact) mass is 309 g/mol. The first-order valence-corrected chi connectivity index (χ1v) is 8.13. The Balaban J connectivity index is 1.64. The molecule has 0 bridgehead atoms. The number of aromatic nitrogens is 2. The fraction of sp³-hybridized carbons (Fsp3) is 0.176. The Hall–Kier alpha value is -2.40. The van der Waals surface area contributed by atoms with E-state index in [0.29, 0.717) is 12.2 Å². The number of rotatable bonds is 2. The van der Waals surface area contributed by atoms with Gasteiger partial charge in [-0.1, -0.05) is 18.2 Å². The van der Waals surface area contributed by atoms with Crippen molar-refractivity contribution in [1.29, 1.82) is 0 Å². The van der Waals surface area contributed by atoms with Crippen molar-refractivity contribution in [1.82, 2.24) is 14.5 Å². The quantitative estimate of drug-likeness (QED) is 0.729. The zero-order chi connectivity index (χ0) is 14.9. The summed E-state index contributed by atoms with van der Waals surface area (Å²) in [6.45, 7) is 1.46. The van der Waals surface area contributed by atoms with E-state index in [0.717, 1.165) is 18.7 Å². The summed E-state index contributed by atoms with van der Waals surface area (Å²) in [5, 5.41) is 2.10. The lowest BCUT2D eigenvalue weighted by Crippen LogP contribution is -2.36. The third-order valence-corrected chi connectivity index (χ3v) is 5.01. The number of para-hydroxylation sites is 1. The Labute approximate surface area is 132 Å². The van der Waals surface area contributed by atoms with E-state index in [4.69, 9.17) is 0 Å². The van der Waals surface area contributed by atoms with Gasteiger partial charge in [0.25, 0.3) is 5.91 Å². The van der Waals surface area contributed by atoms with Gasteiger partial charge in [-0.3, -0.25) is 9.36 Å². The maximum absolute atomic E-state index is 12.9. The number of imidazole rings is 1. The molecule has 1 aliphatic heterocycles. The molecule has 0 unspecified atom stereocenters. The van der Waals surface area contributed by atoms with Crippen LogP contribution < -0.4 is 0 Å². The molecule has 0 spiro atoms. The number of amides is 1. The normalized spacial score (nSPS) is 13.9. The predicted octanol–water partition coefficient (Wildman–Crippen LogP) is 3.13. The Morgan fingerprint density at radius 2 is 2.05 bits per heavy atom. The van der Waals surface area contributed by atoms with Gasteiger partial charge in [0.15, 0.2) is 0 Å². The molecule has 0 radical (unpaired) electrons. The summed E-state index contributed by atoms with van der Waals surface area (Å²) in [7, 11) is 0. The second-order valence-corrected chi connectivity index (χ2v) is 6.33. The number of nitrogens with zero attached hydrogens (tertiary/aromatic N) is 3. The van der Waals surface area contributed by atoms with E-state index in [-0.39, 0.29) is 5.91 Å². The number of hydrogen-bond acceptors (Lipinski definition) is 3. The summed E-state index contributed by atoms with van der Waals surface area (Å²) in [5.41, 5.74) is 2.84.